The minimum absolute atomic E-state index is 0.0799. The molecule has 0 aliphatic rings. The lowest BCUT2D eigenvalue weighted by Gasteiger charge is -2.06. The van der Waals surface area contributed by atoms with Crippen LogP contribution in [0, 0.1) is 6.92 Å². The Bertz CT molecular complexity index is 887. The maximum Gasteiger partial charge on any atom is 0.277 e. The van der Waals surface area contributed by atoms with Crippen LogP contribution in [0.4, 0.5) is 0 Å². The first-order valence-corrected chi connectivity index (χ1v) is 7.71. The molecule has 3 aromatic rings. The topological polar surface area (TPSA) is 50.7 Å². The highest BCUT2D eigenvalue weighted by Crippen LogP contribution is 2.20. The van der Waals surface area contributed by atoms with Crippen molar-refractivity contribution in [2.45, 2.75) is 6.92 Å². The lowest BCUT2D eigenvalue weighted by atomic mass is 10.1. The molecule has 3 rings (SSSR count). The number of fused-ring (bicyclic) bond motifs is 1. The predicted molar refractivity (Wildman–Crippen MR) is 96.4 cm³/mol. The van der Waals surface area contributed by atoms with Crippen LogP contribution < -0.4 is 10.2 Å². The molecule has 0 saturated heterocycles. The molecule has 0 saturated carbocycles. The largest absolute Gasteiger partial charge is 0.484 e. The molecule has 120 valence electrons. The minimum Gasteiger partial charge on any atom is -0.484 e. The van der Waals surface area contributed by atoms with E-state index >= 15 is 0 Å². The molecule has 3 aromatic carbocycles. The van der Waals surface area contributed by atoms with Gasteiger partial charge in [-0.1, -0.05) is 60.2 Å². The van der Waals surface area contributed by atoms with Crippen LogP contribution in [0.15, 0.2) is 71.8 Å². The van der Waals surface area contributed by atoms with Crippen LogP contribution in [-0.2, 0) is 4.79 Å². The van der Waals surface area contributed by atoms with E-state index in [1.807, 2.05) is 73.7 Å². The van der Waals surface area contributed by atoms with Crippen LogP contribution in [0.5, 0.6) is 5.75 Å². The van der Waals surface area contributed by atoms with Gasteiger partial charge < -0.3 is 4.74 Å². The van der Waals surface area contributed by atoms with Crippen LogP contribution in [0.25, 0.3) is 10.8 Å². The number of carbonyl (C=O) groups excluding carboxylic acids is 1. The van der Waals surface area contributed by atoms with E-state index in [-0.39, 0.29) is 12.5 Å². The summed E-state index contributed by atoms with van der Waals surface area (Å²) in [6.45, 7) is 1.93. The van der Waals surface area contributed by atoms with Crippen molar-refractivity contribution in [1.82, 2.24) is 5.43 Å². The van der Waals surface area contributed by atoms with Crippen molar-refractivity contribution in [3.63, 3.8) is 0 Å². The fourth-order valence-corrected chi connectivity index (χ4v) is 2.37. The van der Waals surface area contributed by atoms with E-state index in [9.17, 15) is 4.79 Å². The Kier molecular flexibility index (Phi) is 4.87. The van der Waals surface area contributed by atoms with Crippen molar-refractivity contribution in [2.75, 3.05) is 6.61 Å². The molecule has 1 amide bonds. The third-order valence-corrected chi connectivity index (χ3v) is 3.54. The van der Waals surface area contributed by atoms with Crippen molar-refractivity contribution in [3.8, 4) is 5.75 Å². The van der Waals surface area contributed by atoms with Crippen molar-refractivity contribution in [3.05, 3.63) is 77.9 Å². The first-order valence-electron chi connectivity index (χ1n) is 7.71. The smallest absolute Gasteiger partial charge is 0.277 e. The van der Waals surface area contributed by atoms with E-state index in [0.717, 1.165) is 21.9 Å². The normalized spacial score (nSPS) is 10.9. The molecular formula is C20H18N2O2. The number of ether oxygens (including phenoxy) is 1. The summed E-state index contributed by atoms with van der Waals surface area (Å²) in [5.74, 6) is 0.360. The number of benzene rings is 3. The van der Waals surface area contributed by atoms with Crippen LogP contribution >= 0.6 is 0 Å². The van der Waals surface area contributed by atoms with Crippen LogP contribution in [0.2, 0.25) is 0 Å². The van der Waals surface area contributed by atoms with Gasteiger partial charge >= 0.3 is 0 Å². The first kappa shape index (κ1) is 15.7. The van der Waals surface area contributed by atoms with E-state index in [1.54, 1.807) is 6.21 Å². The second-order valence-corrected chi connectivity index (χ2v) is 5.50. The number of carbonyl (C=O) groups is 1. The number of nitrogens with one attached hydrogen (secondary N) is 1. The van der Waals surface area contributed by atoms with Gasteiger partial charge in [-0.3, -0.25) is 4.79 Å². The first-order chi connectivity index (χ1) is 11.7. The molecule has 0 unspecified atom stereocenters. The molecule has 0 aliphatic carbocycles. The third-order valence-electron chi connectivity index (χ3n) is 3.54. The summed E-state index contributed by atoms with van der Waals surface area (Å²) in [6, 6.07) is 21.6. The van der Waals surface area contributed by atoms with Crippen LogP contribution in [-0.4, -0.2) is 18.7 Å². The maximum atomic E-state index is 11.8. The highest BCUT2D eigenvalue weighted by Gasteiger charge is 2.02. The molecule has 4 heteroatoms. The number of rotatable bonds is 5. The van der Waals surface area contributed by atoms with Gasteiger partial charge in [-0.2, -0.15) is 5.10 Å². The van der Waals surface area contributed by atoms with Crippen molar-refractivity contribution < 1.29 is 9.53 Å². The van der Waals surface area contributed by atoms with Gasteiger partial charge in [0.1, 0.15) is 5.75 Å². The Morgan fingerprint density at radius 2 is 1.88 bits per heavy atom. The predicted octanol–water partition coefficient (Wildman–Crippen LogP) is 3.68. The van der Waals surface area contributed by atoms with Gasteiger partial charge in [0.25, 0.3) is 5.91 Å². The highest BCUT2D eigenvalue weighted by molar-refractivity contribution is 5.84. The van der Waals surface area contributed by atoms with Gasteiger partial charge in [-0.25, -0.2) is 5.43 Å². The Hall–Kier alpha value is -3.14. The summed E-state index contributed by atoms with van der Waals surface area (Å²) in [7, 11) is 0. The number of hydrazone groups is 1. The molecule has 0 aliphatic heterocycles. The van der Waals surface area contributed by atoms with Gasteiger partial charge in [0.2, 0.25) is 0 Å². The summed E-state index contributed by atoms with van der Waals surface area (Å²) in [6.07, 6.45) is 1.61. The van der Waals surface area contributed by atoms with E-state index in [4.69, 9.17) is 4.74 Å². The molecule has 0 heterocycles. The van der Waals surface area contributed by atoms with Crippen LogP contribution in [0.3, 0.4) is 0 Å². The number of hydrogen-bond acceptors (Lipinski definition) is 3. The Morgan fingerprint density at radius 3 is 2.71 bits per heavy atom. The molecule has 0 bridgehead atoms. The molecule has 4 nitrogen and oxygen atoms in total. The van der Waals surface area contributed by atoms with Crippen molar-refractivity contribution in [2.24, 2.45) is 5.10 Å². The summed E-state index contributed by atoms with van der Waals surface area (Å²) >= 11 is 0. The average molecular weight is 318 g/mol. The van der Waals surface area contributed by atoms with Crippen molar-refractivity contribution >= 4 is 22.9 Å². The molecule has 0 fully saturated rings. The summed E-state index contributed by atoms with van der Waals surface area (Å²) < 4.78 is 5.51. The minimum atomic E-state index is -0.299. The standard InChI is InChI=1S/C20H18N2O2/c1-15-5-4-6-16(11-15)13-21-22-20(23)14-24-19-10-9-17-7-2-3-8-18(17)12-19/h2-13H,14H2,1H3,(H,22,23). The van der Waals surface area contributed by atoms with E-state index in [1.165, 1.54) is 0 Å². The number of aryl methyl sites for hydroxylation is 1. The van der Waals surface area contributed by atoms with Gasteiger partial charge in [-0.05, 0) is 35.4 Å². The van der Waals surface area contributed by atoms with Gasteiger partial charge in [0.05, 0.1) is 6.21 Å². The Balaban J connectivity index is 1.53. The summed E-state index contributed by atoms with van der Waals surface area (Å²) in [5.41, 5.74) is 4.54. The number of hydrogen-bond donors (Lipinski definition) is 1. The quantitative estimate of drug-likeness (QED) is 0.576. The average Bonchev–Trinajstić information content (AvgIpc) is 2.60. The number of nitrogens with zero attached hydrogens (tertiary/aromatic N) is 1. The zero-order valence-electron chi connectivity index (χ0n) is 13.4. The monoisotopic (exact) mass is 318 g/mol. The molecule has 0 atom stereocenters. The van der Waals surface area contributed by atoms with Crippen molar-refractivity contribution in [1.29, 1.82) is 0 Å². The van der Waals surface area contributed by atoms with Gasteiger partial charge in [0.15, 0.2) is 6.61 Å². The Morgan fingerprint density at radius 1 is 1.04 bits per heavy atom. The molecular weight excluding hydrogens is 300 g/mol. The fraction of sp³-hybridized carbons (Fsp3) is 0.100. The van der Waals surface area contributed by atoms with Gasteiger partial charge in [0, 0.05) is 0 Å². The molecule has 0 aromatic heterocycles. The van der Waals surface area contributed by atoms with Crippen LogP contribution in [0.1, 0.15) is 11.1 Å². The Labute approximate surface area is 140 Å². The summed E-state index contributed by atoms with van der Waals surface area (Å²) in [4.78, 5) is 11.8. The maximum absolute atomic E-state index is 11.8. The van der Waals surface area contributed by atoms with E-state index in [2.05, 4.69) is 10.5 Å². The fourth-order valence-electron chi connectivity index (χ4n) is 2.37. The second kappa shape index (κ2) is 7.42. The molecule has 24 heavy (non-hydrogen) atoms. The number of amides is 1. The van der Waals surface area contributed by atoms with E-state index < -0.39 is 0 Å². The molecule has 0 spiro atoms. The second-order valence-electron chi connectivity index (χ2n) is 5.50. The van der Waals surface area contributed by atoms with E-state index in [0.29, 0.717) is 5.75 Å². The third kappa shape index (κ3) is 4.20. The SMILES string of the molecule is Cc1cccc(C=NNC(=O)COc2ccc3ccccc3c2)c1. The van der Waals surface area contributed by atoms with Gasteiger partial charge in [-0.15, -0.1) is 0 Å². The lowest BCUT2D eigenvalue weighted by Crippen LogP contribution is -2.24. The lowest BCUT2D eigenvalue weighted by molar-refractivity contribution is -0.123. The zero-order valence-corrected chi connectivity index (χ0v) is 13.4. The summed E-state index contributed by atoms with van der Waals surface area (Å²) in [5, 5.41) is 6.15. The molecule has 0 radical (unpaired) electrons. The highest BCUT2D eigenvalue weighted by atomic mass is 16.5. The molecule has 1 N–H and O–H groups in total. The zero-order chi connectivity index (χ0) is 16.8.